The summed E-state index contributed by atoms with van der Waals surface area (Å²) >= 11 is 0. The minimum atomic E-state index is -0.356. The van der Waals surface area contributed by atoms with Crippen LogP contribution < -0.4 is 15.6 Å². The van der Waals surface area contributed by atoms with E-state index in [0.29, 0.717) is 18.6 Å². The number of fused-ring (bicyclic) bond motifs is 1. The number of hydrogen-bond acceptors (Lipinski definition) is 3. The standard InChI is InChI=1S/C23H27N3O3/c1-23(2,3)16-10-12-17(13-11-16)29-14-6-9-21(27)25-26-22(28)19-15-24-20-8-5-4-7-18(19)20/h4-5,7-8,10-13,15,24H,6,9,14H2,1-3H3,(H,25,27)(H,26,28). The van der Waals surface area contributed by atoms with Gasteiger partial charge < -0.3 is 9.72 Å². The number of hydrazine groups is 1. The van der Waals surface area contributed by atoms with Crippen LogP contribution in [0.15, 0.2) is 54.7 Å². The number of nitrogens with one attached hydrogen (secondary N) is 3. The molecule has 6 heteroatoms. The molecule has 152 valence electrons. The second kappa shape index (κ2) is 8.82. The number of H-pyrrole nitrogens is 1. The quantitative estimate of drug-likeness (QED) is 0.436. The zero-order valence-electron chi connectivity index (χ0n) is 17.0. The SMILES string of the molecule is CC(C)(C)c1ccc(OCCCC(=O)NNC(=O)c2c[nH]c3ccccc23)cc1. The van der Waals surface area contributed by atoms with Crippen LogP contribution in [0, 0.1) is 0 Å². The number of carbonyl (C=O) groups excluding carboxylic acids is 2. The fraction of sp³-hybridized carbons (Fsp3) is 0.304. The predicted octanol–water partition coefficient (Wildman–Crippen LogP) is 4.09. The Labute approximate surface area is 170 Å². The summed E-state index contributed by atoms with van der Waals surface area (Å²) in [5, 5.41) is 0.810. The van der Waals surface area contributed by atoms with E-state index in [-0.39, 0.29) is 23.7 Å². The highest BCUT2D eigenvalue weighted by Crippen LogP contribution is 2.24. The summed E-state index contributed by atoms with van der Waals surface area (Å²) in [4.78, 5) is 27.3. The molecule has 0 bridgehead atoms. The fourth-order valence-corrected chi connectivity index (χ4v) is 2.99. The van der Waals surface area contributed by atoms with E-state index in [9.17, 15) is 9.59 Å². The van der Waals surface area contributed by atoms with Crippen LogP contribution in [0.25, 0.3) is 10.9 Å². The van der Waals surface area contributed by atoms with E-state index in [1.54, 1.807) is 6.20 Å². The molecule has 1 heterocycles. The van der Waals surface area contributed by atoms with Crippen molar-refractivity contribution in [3.8, 4) is 5.75 Å². The van der Waals surface area contributed by atoms with E-state index in [1.807, 2.05) is 36.4 Å². The monoisotopic (exact) mass is 393 g/mol. The zero-order chi connectivity index (χ0) is 20.9. The Balaban J connectivity index is 1.38. The van der Waals surface area contributed by atoms with Crippen LogP contribution in [0.2, 0.25) is 0 Å². The van der Waals surface area contributed by atoms with Gasteiger partial charge in [0.1, 0.15) is 5.75 Å². The maximum Gasteiger partial charge on any atom is 0.271 e. The molecule has 3 N–H and O–H groups in total. The second-order valence-corrected chi connectivity index (χ2v) is 7.98. The van der Waals surface area contributed by atoms with E-state index in [0.717, 1.165) is 16.7 Å². The lowest BCUT2D eigenvalue weighted by Crippen LogP contribution is -2.41. The van der Waals surface area contributed by atoms with Crippen molar-refractivity contribution in [3.63, 3.8) is 0 Å². The van der Waals surface area contributed by atoms with E-state index < -0.39 is 0 Å². The summed E-state index contributed by atoms with van der Waals surface area (Å²) in [7, 11) is 0. The summed E-state index contributed by atoms with van der Waals surface area (Å²) in [6.07, 6.45) is 2.44. The fourth-order valence-electron chi connectivity index (χ4n) is 2.99. The first kappa shape index (κ1) is 20.5. The van der Waals surface area contributed by atoms with Gasteiger partial charge in [0.15, 0.2) is 0 Å². The molecule has 0 aliphatic rings. The molecular formula is C23H27N3O3. The summed E-state index contributed by atoms with van der Waals surface area (Å²) in [6.45, 7) is 6.93. The molecule has 1 aromatic heterocycles. The Hall–Kier alpha value is -3.28. The van der Waals surface area contributed by atoms with Crippen molar-refractivity contribution in [1.29, 1.82) is 0 Å². The largest absolute Gasteiger partial charge is 0.494 e. The first-order valence-corrected chi connectivity index (χ1v) is 9.73. The summed E-state index contributed by atoms with van der Waals surface area (Å²) in [5.41, 5.74) is 7.62. The number of aromatic nitrogens is 1. The van der Waals surface area contributed by atoms with Gasteiger partial charge in [-0.2, -0.15) is 0 Å². The molecule has 0 aliphatic carbocycles. The Morgan fingerprint density at radius 1 is 1.00 bits per heavy atom. The molecule has 3 aromatic rings. The van der Waals surface area contributed by atoms with Gasteiger partial charge in [-0.05, 0) is 35.6 Å². The zero-order valence-corrected chi connectivity index (χ0v) is 17.0. The van der Waals surface area contributed by atoms with Crippen LogP contribution in [-0.4, -0.2) is 23.4 Å². The van der Waals surface area contributed by atoms with E-state index >= 15 is 0 Å². The smallest absolute Gasteiger partial charge is 0.271 e. The van der Waals surface area contributed by atoms with Crippen molar-refractivity contribution in [2.45, 2.75) is 39.0 Å². The van der Waals surface area contributed by atoms with Crippen LogP contribution in [0.5, 0.6) is 5.75 Å². The molecular weight excluding hydrogens is 366 g/mol. The van der Waals surface area contributed by atoms with Gasteiger partial charge in [0.2, 0.25) is 5.91 Å². The van der Waals surface area contributed by atoms with Gasteiger partial charge in [0.05, 0.1) is 12.2 Å². The van der Waals surface area contributed by atoms with Crippen LogP contribution in [-0.2, 0) is 10.2 Å². The number of benzene rings is 2. The summed E-state index contributed by atoms with van der Waals surface area (Å²) in [5.74, 6) is 0.168. The summed E-state index contributed by atoms with van der Waals surface area (Å²) < 4.78 is 5.69. The number of rotatable bonds is 6. The second-order valence-electron chi connectivity index (χ2n) is 7.98. The molecule has 0 aliphatic heterocycles. The molecule has 6 nitrogen and oxygen atoms in total. The lowest BCUT2D eigenvalue weighted by atomic mass is 9.87. The topological polar surface area (TPSA) is 83.2 Å². The normalized spacial score (nSPS) is 11.3. The van der Waals surface area contributed by atoms with Gasteiger partial charge >= 0.3 is 0 Å². The van der Waals surface area contributed by atoms with Crippen LogP contribution in [0.3, 0.4) is 0 Å². The number of amides is 2. The van der Waals surface area contributed by atoms with Crippen LogP contribution in [0.4, 0.5) is 0 Å². The molecule has 0 spiro atoms. The number of ether oxygens (including phenoxy) is 1. The molecule has 0 radical (unpaired) electrons. The van der Waals surface area contributed by atoms with Crippen LogP contribution in [0.1, 0.15) is 49.5 Å². The highest BCUT2D eigenvalue weighted by molar-refractivity contribution is 6.07. The van der Waals surface area contributed by atoms with Crippen molar-refractivity contribution >= 4 is 22.7 Å². The highest BCUT2D eigenvalue weighted by Gasteiger charge is 2.14. The first-order chi connectivity index (χ1) is 13.8. The van der Waals surface area contributed by atoms with Crippen molar-refractivity contribution < 1.29 is 14.3 Å². The van der Waals surface area contributed by atoms with Crippen molar-refractivity contribution in [3.05, 3.63) is 65.9 Å². The number of carbonyl (C=O) groups is 2. The maximum atomic E-state index is 12.3. The third-order valence-electron chi connectivity index (χ3n) is 4.69. The van der Waals surface area contributed by atoms with Crippen molar-refractivity contribution in [2.24, 2.45) is 0 Å². The maximum absolute atomic E-state index is 12.3. The predicted molar refractivity (Wildman–Crippen MR) is 114 cm³/mol. The van der Waals surface area contributed by atoms with Gasteiger partial charge in [0.25, 0.3) is 5.91 Å². The highest BCUT2D eigenvalue weighted by atomic mass is 16.5. The molecule has 0 unspecified atom stereocenters. The van der Waals surface area contributed by atoms with E-state index in [1.165, 1.54) is 5.56 Å². The van der Waals surface area contributed by atoms with Crippen molar-refractivity contribution in [2.75, 3.05) is 6.61 Å². The Kier molecular flexibility index (Phi) is 6.22. The van der Waals surface area contributed by atoms with Gasteiger partial charge in [-0.15, -0.1) is 0 Å². The Bertz CT molecular complexity index is 985. The lowest BCUT2D eigenvalue weighted by molar-refractivity contribution is -0.122. The summed E-state index contributed by atoms with van der Waals surface area (Å²) in [6, 6.07) is 15.5. The van der Waals surface area contributed by atoms with Gasteiger partial charge in [-0.3, -0.25) is 20.4 Å². The number of hydrogen-bond donors (Lipinski definition) is 3. The molecule has 0 atom stereocenters. The minimum Gasteiger partial charge on any atom is -0.494 e. The molecule has 0 saturated heterocycles. The average molecular weight is 393 g/mol. The third-order valence-corrected chi connectivity index (χ3v) is 4.69. The average Bonchev–Trinajstić information content (AvgIpc) is 3.13. The number of aromatic amines is 1. The lowest BCUT2D eigenvalue weighted by Gasteiger charge is -2.19. The molecule has 2 amide bonds. The molecule has 2 aromatic carbocycles. The Morgan fingerprint density at radius 2 is 1.72 bits per heavy atom. The molecule has 0 saturated carbocycles. The van der Waals surface area contributed by atoms with Gasteiger partial charge in [0, 0.05) is 23.5 Å². The van der Waals surface area contributed by atoms with Gasteiger partial charge in [-0.1, -0.05) is 51.1 Å². The minimum absolute atomic E-state index is 0.105. The van der Waals surface area contributed by atoms with E-state index in [2.05, 4.69) is 48.7 Å². The van der Waals surface area contributed by atoms with Crippen molar-refractivity contribution in [1.82, 2.24) is 15.8 Å². The molecule has 0 fully saturated rings. The number of para-hydroxylation sites is 1. The molecule has 3 rings (SSSR count). The van der Waals surface area contributed by atoms with Gasteiger partial charge in [-0.25, -0.2) is 0 Å². The third kappa shape index (κ3) is 5.38. The van der Waals surface area contributed by atoms with Crippen LogP contribution >= 0.6 is 0 Å². The van der Waals surface area contributed by atoms with E-state index in [4.69, 9.17) is 4.74 Å². The first-order valence-electron chi connectivity index (χ1n) is 9.73. The Morgan fingerprint density at radius 3 is 2.45 bits per heavy atom. The molecule has 29 heavy (non-hydrogen) atoms.